The number of benzene rings is 1. The molecule has 0 bridgehead atoms. The number of aromatic nitrogens is 1. The first-order valence-corrected chi connectivity index (χ1v) is 9.18. The van der Waals surface area contributed by atoms with E-state index in [1.807, 2.05) is 24.3 Å². The highest BCUT2D eigenvalue weighted by Crippen LogP contribution is 2.22. The molecule has 140 valence electrons. The Bertz CT molecular complexity index is 811. The molecular weight excluding hydrogens is 340 g/mol. The van der Waals surface area contributed by atoms with Gasteiger partial charge in [0, 0.05) is 43.4 Å². The van der Waals surface area contributed by atoms with Crippen LogP contribution in [0.4, 0.5) is 11.4 Å². The largest absolute Gasteiger partial charge is 0.372 e. The minimum atomic E-state index is -0.299. The highest BCUT2D eigenvalue weighted by Gasteiger charge is 2.13. The normalized spacial score (nSPS) is 13.7. The second kappa shape index (κ2) is 8.98. The van der Waals surface area contributed by atoms with Gasteiger partial charge in [-0.3, -0.25) is 14.6 Å². The van der Waals surface area contributed by atoms with Gasteiger partial charge in [-0.15, -0.1) is 6.58 Å². The van der Waals surface area contributed by atoms with Gasteiger partial charge in [0.15, 0.2) is 0 Å². The second-order valence-electron chi connectivity index (χ2n) is 6.51. The molecule has 3 rings (SSSR count). The predicted molar refractivity (Wildman–Crippen MR) is 107 cm³/mol. The number of anilines is 2. The third kappa shape index (κ3) is 4.94. The molecule has 2 aromatic rings. The van der Waals surface area contributed by atoms with E-state index in [0.29, 0.717) is 23.4 Å². The number of amides is 2. The van der Waals surface area contributed by atoms with Gasteiger partial charge in [0.2, 0.25) is 0 Å². The summed E-state index contributed by atoms with van der Waals surface area (Å²) in [5.41, 5.74) is 2.56. The fourth-order valence-corrected chi connectivity index (χ4v) is 3.07. The van der Waals surface area contributed by atoms with E-state index < -0.39 is 0 Å². The van der Waals surface area contributed by atoms with E-state index in [-0.39, 0.29) is 11.8 Å². The molecule has 0 saturated carbocycles. The van der Waals surface area contributed by atoms with Crippen LogP contribution in [0.25, 0.3) is 0 Å². The van der Waals surface area contributed by atoms with Gasteiger partial charge < -0.3 is 15.5 Å². The molecule has 0 unspecified atom stereocenters. The molecule has 2 N–H and O–H groups in total. The van der Waals surface area contributed by atoms with Crippen LogP contribution in [0.15, 0.2) is 55.4 Å². The molecule has 1 aromatic heterocycles. The number of rotatable bonds is 6. The minimum absolute atomic E-state index is 0.289. The lowest BCUT2D eigenvalue weighted by atomic mass is 10.1. The first kappa shape index (κ1) is 18.6. The molecule has 1 saturated heterocycles. The number of nitrogens with one attached hydrogen (secondary N) is 2. The van der Waals surface area contributed by atoms with Crippen LogP contribution in [-0.2, 0) is 0 Å². The topological polar surface area (TPSA) is 74.3 Å². The van der Waals surface area contributed by atoms with Crippen LogP contribution in [0, 0.1) is 0 Å². The first-order chi connectivity index (χ1) is 13.2. The zero-order valence-corrected chi connectivity index (χ0v) is 15.3. The maximum Gasteiger partial charge on any atom is 0.257 e. The Balaban J connectivity index is 1.64. The van der Waals surface area contributed by atoms with Gasteiger partial charge in [0.1, 0.15) is 0 Å². The summed E-state index contributed by atoms with van der Waals surface area (Å²) in [5, 5.41) is 5.52. The summed E-state index contributed by atoms with van der Waals surface area (Å²) in [4.78, 5) is 30.8. The molecular formula is C21H24N4O2. The Morgan fingerprint density at radius 3 is 2.37 bits per heavy atom. The Labute approximate surface area is 159 Å². The smallest absolute Gasteiger partial charge is 0.257 e. The van der Waals surface area contributed by atoms with Gasteiger partial charge in [-0.2, -0.15) is 0 Å². The second-order valence-corrected chi connectivity index (χ2v) is 6.51. The van der Waals surface area contributed by atoms with Crippen molar-refractivity contribution in [2.75, 3.05) is 29.9 Å². The first-order valence-electron chi connectivity index (χ1n) is 9.18. The van der Waals surface area contributed by atoms with Crippen LogP contribution >= 0.6 is 0 Å². The van der Waals surface area contributed by atoms with Gasteiger partial charge in [0.25, 0.3) is 11.8 Å². The van der Waals surface area contributed by atoms with Gasteiger partial charge in [-0.25, -0.2) is 0 Å². The van der Waals surface area contributed by atoms with E-state index >= 15 is 0 Å². The number of pyridine rings is 1. The molecule has 6 heteroatoms. The zero-order valence-electron chi connectivity index (χ0n) is 15.3. The van der Waals surface area contributed by atoms with Gasteiger partial charge in [0.05, 0.1) is 11.1 Å². The summed E-state index contributed by atoms with van der Waals surface area (Å²) in [7, 11) is 0. The van der Waals surface area contributed by atoms with E-state index in [9.17, 15) is 9.59 Å². The molecule has 2 amide bonds. The number of nitrogens with zero attached hydrogens (tertiary/aromatic N) is 2. The van der Waals surface area contributed by atoms with E-state index in [4.69, 9.17) is 0 Å². The van der Waals surface area contributed by atoms with E-state index in [1.165, 1.54) is 43.4 Å². The van der Waals surface area contributed by atoms with Gasteiger partial charge >= 0.3 is 0 Å². The standard InChI is InChI=1S/C21H24N4O2/c1-2-10-23-20(26)16-13-17(15-22-14-16)21(27)24-18-6-8-19(9-7-18)25-11-4-3-5-12-25/h2,6-9,13-15H,1,3-5,10-12H2,(H,23,26)(H,24,27). The van der Waals surface area contributed by atoms with Crippen molar-refractivity contribution in [3.63, 3.8) is 0 Å². The number of hydrogen-bond acceptors (Lipinski definition) is 4. The quantitative estimate of drug-likeness (QED) is 0.772. The van der Waals surface area contributed by atoms with Gasteiger partial charge in [-0.05, 0) is 49.6 Å². The maximum atomic E-state index is 12.5. The van der Waals surface area contributed by atoms with E-state index in [1.54, 1.807) is 6.08 Å². The average molecular weight is 364 g/mol. The van der Waals surface area contributed by atoms with Crippen molar-refractivity contribution < 1.29 is 9.59 Å². The van der Waals surface area contributed by atoms with Crippen molar-refractivity contribution in [1.82, 2.24) is 10.3 Å². The predicted octanol–water partition coefficient (Wildman–Crippen LogP) is 3.24. The fraction of sp³-hybridized carbons (Fsp3) is 0.286. The third-order valence-electron chi connectivity index (χ3n) is 4.52. The zero-order chi connectivity index (χ0) is 19.1. The van der Waals surface area contributed by atoms with Crippen molar-refractivity contribution in [2.24, 2.45) is 0 Å². The summed E-state index contributed by atoms with van der Waals surface area (Å²) >= 11 is 0. The summed E-state index contributed by atoms with van der Waals surface area (Å²) in [6.07, 6.45) is 8.22. The van der Waals surface area contributed by atoms with Gasteiger partial charge in [-0.1, -0.05) is 6.08 Å². The van der Waals surface area contributed by atoms with Crippen LogP contribution in [0.2, 0.25) is 0 Å². The van der Waals surface area contributed by atoms with Crippen molar-refractivity contribution in [1.29, 1.82) is 0 Å². The number of carbonyl (C=O) groups excluding carboxylic acids is 2. The summed E-state index contributed by atoms with van der Waals surface area (Å²) < 4.78 is 0. The number of piperidine rings is 1. The number of hydrogen-bond donors (Lipinski definition) is 2. The molecule has 0 spiro atoms. The monoisotopic (exact) mass is 364 g/mol. The maximum absolute atomic E-state index is 12.5. The van der Waals surface area contributed by atoms with Crippen LogP contribution < -0.4 is 15.5 Å². The molecule has 0 aliphatic carbocycles. The van der Waals surface area contributed by atoms with E-state index in [0.717, 1.165) is 13.1 Å². The Morgan fingerprint density at radius 1 is 1.04 bits per heavy atom. The average Bonchev–Trinajstić information content (AvgIpc) is 2.73. The molecule has 2 heterocycles. The Kier molecular flexibility index (Phi) is 6.20. The Hall–Kier alpha value is -3.15. The molecule has 1 aliphatic heterocycles. The molecule has 1 aromatic carbocycles. The highest BCUT2D eigenvalue weighted by atomic mass is 16.2. The molecule has 6 nitrogen and oxygen atoms in total. The van der Waals surface area contributed by atoms with E-state index in [2.05, 4.69) is 27.1 Å². The summed E-state index contributed by atoms with van der Waals surface area (Å²) in [5.74, 6) is -0.588. The summed E-state index contributed by atoms with van der Waals surface area (Å²) in [6.45, 7) is 6.08. The van der Waals surface area contributed by atoms with Crippen LogP contribution in [0.3, 0.4) is 0 Å². The van der Waals surface area contributed by atoms with Crippen molar-refractivity contribution >= 4 is 23.2 Å². The third-order valence-corrected chi connectivity index (χ3v) is 4.52. The lowest BCUT2D eigenvalue weighted by Gasteiger charge is -2.28. The van der Waals surface area contributed by atoms with Crippen molar-refractivity contribution in [3.8, 4) is 0 Å². The number of carbonyl (C=O) groups is 2. The lowest BCUT2D eigenvalue weighted by Crippen LogP contribution is -2.29. The van der Waals surface area contributed by atoms with Crippen molar-refractivity contribution in [2.45, 2.75) is 19.3 Å². The van der Waals surface area contributed by atoms with Crippen LogP contribution in [0.5, 0.6) is 0 Å². The Morgan fingerprint density at radius 2 is 1.70 bits per heavy atom. The molecule has 1 fully saturated rings. The highest BCUT2D eigenvalue weighted by molar-refractivity contribution is 6.05. The van der Waals surface area contributed by atoms with Crippen LogP contribution in [0.1, 0.15) is 40.0 Å². The molecule has 0 atom stereocenters. The summed E-state index contributed by atoms with van der Waals surface area (Å²) in [6, 6.07) is 9.38. The molecule has 1 aliphatic rings. The molecule has 0 radical (unpaired) electrons. The SMILES string of the molecule is C=CCNC(=O)c1cncc(C(=O)Nc2ccc(N3CCCCC3)cc2)c1. The van der Waals surface area contributed by atoms with Crippen LogP contribution in [-0.4, -0.2) is 36.4 Å². The lowest BCUT2D eigenvalue weighted by molar-refractivity contribution is 0.0957. The minimum Gasteiger partial charge on any atom is -0.372 e. The molecule has 27 heavy (non-hydrogen) atoms. The fourth-order valence-electron chi connectivity index (χ4n) is 3.07. The van der Waals surface area contributed by atoms with Crippen molar-refractivity contribution in [3.05, 3.63) is 66.5 Å².